The van der Waals surface area contributed by atoms with Gasteiger partial charge in [-0.2, -0.15) is 0 Å². The Morgan fingerprint density at radius 1 is 0.778 bits per heavy atom. The number of primary amides is 1. The lowest BCUT2D eigenvalue weighted by molar-refractivity contribution is -0.148. The van der Waals surface area contributed by atoms with E-state index in [0.717, 1.165) is 40.1 Å². The number of rotatable bonds is 27. The van der Waals surface area contributed by atoms with Crippen LogP contribution in [0.5, 0.6) is 0 Å². The smallest absolute Gasteiger partial charge is 0.312 e. The number of nitrogens with zero attached hydrogens (tertiary/aromatic N) is 5. The number of carbonyl (C=O) groups excluding carboxylic acids is 8. The fraction of sp³-hybridized carbons (Fsp3) is 0.533. The monoisotopic (exact) mass is 1120 g/mol. The molecule has 5 rings (SSSR count). The normalized spacial score (nSPS) is 12.3. The SMILES string of the molecule is CC(C)C(=O)OCc1ccc(NC(=O)CNC(=O)C(NC(=O)CCCC(=O)N(C)CCC(C)(C)OCCC(C)(C)C(=O)NCCC(=O)N2Cc3ccccc3-c3c(nnn3C(C)C)-c3ccccc32)C(C)C)cc1.CCCNC(N)=O. The van der Waals surface area contributed by atoms with Gasteiger partial charge < -0.3 is 51.6 Å². The predicted octanol–water partition coefficient (Wildman–Crippen LogP) is 7.44. The number of hydrogen-bond acceptors (Lipinski definition) is 12. The summed E-state index contributed by atoms with van der Waals surface area (Å²) < 4.78 is 13.4. The highest BCUT2D eigenvalue weighted by Crippen LogP contribution is 2.42. The van der Waals surface area contributed by atoms with Crippen molar-refractivity contribution in [2.24, 2.45) is 23.0 Å². The van der Waals surface area contributed by atoms with Crippen molar-refractivity contribution in [2.75, 3.05) is 50.1 Å². The van der Waals surface area contributed by atoms with E-state index < -0.39 is 34.9 Å². The number of para-hydroxylation sites is 1. The van der Waals surface area contributed by atoms with E-state index in [1.54, 1.807) is 68.8 Å². The van der Waals surface area contributed by atoms with Gasteiger partial charge in [0, 0.05) is 80.8 Å². The number of hydrogen-bond donors (Lipinski definition) is 6. The first-order valence-electron chi connectivity index (χ1n) is 28.0. The molecule has 4 aromatic rings. The molecular formula is C60H87N11O10. The summed E-state index contributed by atoms with van der Waals surface area (Å²) >= 11 is 0. The van der Waals surface area contributed by atoms with Crippen molar-refractivity contribution in [3.05, 3.63) is 83.9 Å². The second-order valence-electron chi connectivity index (χ2n) is 22.5. The van der Waals surface area contributed by atoms with Crippen LogP contribution in [0.15, 0.2) is 72.8 Å². The van der Waals surface area contributed by atoms with Crippen molar-refractivity contribution in [1.82, 2.24) is 41.2 Å². The van der Waals surface area contributed by atoms with Crippen LogP contribution in [-0.4, -0.2) is 119 Å². The van der Waals surface area contributed by atoms with E-state index in [-0.39, 0.29) is 92.9 Å². The molecule has 1 unspecified atom stereocenters. The molecular weight excluding hydrogens is 1030 g/mol. The summed E-state index contributed by atoms with van der Waals surface area (Å²) in [6.07, 6.45) is 2.42. The van der Waals surface area contributed by atoms with Crippen molar-refractivity contribution >= 4 is 58.8 Å². The number of esters is 1. The molecule has 21 nitrogen and oxygen atoms in total. The van der Waals surface area contributed by atoms with Gasteiger partial charge in [0.05, 0.1) is 36.0 Å². The number of urea groups is 1. The first-order valence-corrected chi connectivity index (χ1v) is 28.0. The molecule has 0 radical (unpaired) electrons. The maximum atomic E-state index is 14.0. The number of carbonyl (C=O) groups is 8. The van der Waals surface area contributed by atoms with Gasteiger partial charge in [0.1, 0.15) is 18.3 Å². The number of anilines is 2. The number of benzene rings is 3. The number of nitrogens with two attached hydrogens (primary N) is 1. The number of amides is 8. The Labute approximate surface area is 477 Å². The summed E-state index contributed by atoms with van der Waals surface area (Å²) in [7, 11) is 1.70. The summed E-state index contributed by atoms with van der Waals surface area (Å²) in [6.45, 7) is 22.4. The van der Waals surface area contributed by atoms with Crippen LogP contribution in [-0.2, 0) is 56.2 Å². The molecule has 1 aliphatic rings. The number of aromatic nitrogens is 3. The van der Waals surface area contributed by atoms with Crippen LogP contribution in [0.3, 0.4) is 0 Å². The van der Waals surface area contributed by atoms with E-state index >= 15 is 0 Å². The van der Waals surface area contributed by atoms with Gasteiger partial charge in [-0.05, 0) is 88.6 Å². The van der Waals surface area contributed by atoms with E-state index in [1.165, 1.54) is 0 Å². The van der Waals surface area contributed by atoms with Crippen molar-refractivity contribution in [1.29, 1.82) is 0 Å². The quantitative estimate of drug-likeness (QED) is 0.0318. The largest absolute Gasteiger partial charge is 0.461 e. The molecule has 0 fully saturated rings. The highest BCUT2D eigenvalue weighted by atomic mass is 16.5. The number of fused-ring (bicyclic) bond motifs is 5. The van der Waals surface area contributed by atoms with Crippen LogP contribution >= 0.6 is 0 Å². The average Bonchev–Trinajstić information content (AvgIpc) is 3.88. The first kappa shape index (κ1) is 65.8. The molecule has 21 heteroatoms. The molecule has 2 heterocycles. The van der Waals surface area contributed by atoms with Gasteiger partial charge in [0.25, 0.3) is 0 Å². The maximum Gasteiger partial charge on any atom is 0.312 e. The molecule has 0 spiro atoms. The van der Waals surface area contributed by atoms with Gasteiger partial charge >= 0.3 is 12.0 Å². The summed E-state index contributed by atoms with van der Waals surface area (Å²) in [5.41, 5.74) is 9.72. The minimum absolute atomic E-state index is 0.0323. The lowest BCUT2D eigenvalue weighted by Crippen LogP contribution is -2.51. The standard InChI is InChI=1S/C56H77N9O9.C4H10N2O/c1-36(2)49(52(70)58-33-46(67)59-41-25-23-39(24-26-41)35-73-53(71)37(3)4)60-45(66)21-16-22-47(68)63(11)31-28-56(9,10)74-32-29-55(7,8)54(72)57-30-27-48(69)64-34-40-17-12-13-18-42(40)51-50(61-62-65(51)38(5)6)43-19-14-15-20-44(43)64;1-2-3-6-4(5)7/h12-15,17-20,23-26,36-38,49H,16,21-22,27-35H2,1-11H3,(H,57,72)(H,58,70)(H,59,67)(H,60,66);2-3H2,1H3,(H3,5,6,7). The Morgan fingerprint density at radius 2 is 1.44 bits per heavy atom. The van der Waals surface area contributed by atoms with Gasteiger partial charge in [-0.25, -0.2) is 9.48 Å². The third kappa shape index (κ3) is 20.7. The van der Waals surface area contributed by atoms with E-state index in [4.69, 9.17) is 15.2 Å². The molecule has 0 saturated heterocycles. The molecule has 81 heavy (non-hydrogen) atoms. The minimum Gasteiger partial charge on any atom is -0.461 e. The molecule has 1 atom stereocenters. The zero-order valence-corrected chi connectivity index (χ0v) is 49.5. The van der Waals surface area contributed by atoms with Gasteiger partial charge in [-0.15, -0.1) is 5.10 Å². The fourth-order valence-electron chi connectivity index (χ4n) is 8.46. The summed E-state index contributed by atoms with van der Waals surface area (Å²) in [6, 6.07) is 21.3. The van der Waals surface area contributed by atoms with Crippen molar-refractivity contribution in [2.45, 2.75) is 152 Å². The Morgan fingerprint density at radius 3 is 2.07 bits per heavy atom. The number of nitrogens with one attached hydrogen (secondary N) is 5. The Kier molecular flexibility index (Phi) is 25.5. The molecule has 7 N–H and O–H groups in total. The lowest BCUT2D eigenvalue weighted by Gasteiger charge is -2.31. The minimum atomic E-state index is -0.886. The van der Waals surface area contributed by atoms with E-state index in [1.807, 2.05) is 87.8 Å². The van der Waals surface area contributed by atoms with E-state index in [9.17, 15) is 38.4 Å². The van der Waals surface area contributed by atoms with Crippen molar-refractivity contribution in [3.63, 3.8) is 0 Å². The lowest BCUT2D eigenvalue weighted by atomic mass is 9.88. The maximum absolute atomic E-state index is 14.0. The predicted molar refractivity (Wildman–Crippen MR) is 312 cm³/mol. The summed E-state index contributed by atoms with van der Waals surface area (Å²) in [5.74, 6) is -2.60. The highest BCUT2D eigenvalue weighted by Gasteiger charge is 2.32. The molecule has 3 aromatic carbocycles. The molecule has 1 aliphatic heterocycles. The molecule has 0 saturated carbocycles. The van der Waals surface area contributed by atoms with E-state index in [0.29, 0.717) is 50.5 Å². The Hall–Kier alpha value is -7.68. The van der Waals surface area contributed by atoms with Crippen molar-refractivity contribution in [3.8, 4) is 22.5 Å². The zero-order chi connectivity index (χ0) is 60.0. The van der Waals surface area contributed by atoms with Gasteiger partial charge in [0.2, 0.25) is 35.4 Å². The molecule has 1 aromatic heterocycles. The first-order chi connectivity index (χ1) is 38.2. The Bertz CT molecular complexity index is 2770. The highest BCUT2D eigenvalue weighted by molar-refractivity contribution is 6.00. The Balaban J connectivity index is 0.00000189. The molecule has 442 valence electrons. The third-order valence-corrected chi connectivity index (χ3v) is 13.6. The second kappa shape index (κ2) is 31.4. The molecule has 8 amide bonds. The zero-order valence-electron chi connectivity index (χ0n) is 49.5. The van der Waals surface area contributed by atoms with Crippen LogP contribution in [0.25, 0.3) is 22.5 Å². The second-order valence-corrected chi connectivity index (χ2v) is 22.5. The van der Waals surface area contributed by atoms with Crippen LogP contribution in [0.1, 0.15) is 138 Å². The van der Waals surface area contributed by atoms with E-state index in [2.05, 4.69) is 50.7 Å². The topological polar surface area (TPSA) is 278 Å². The fourth-order valence-corrected chi connectivity index (χ4v) is 8.46. The van der Waals surface area contributed by atoms with Crippen LogP contribution in [0, 0.1) is 17.3 Å². The van der Waals surface area contributed by atoms with Crippen LogP contribution in [0.2, 0.25) is 0 Å². The average molecular weight is 1120 g/mol. The van der Waals surface area contributed by atoms with Gasteiger partial charge in [-0.3, -0.25) is 33.6 Å². The number of ether oxygens (including phenoxy) is 2. The van der Waals surface area contributed by atoms with Gasteiger partial charge in [-0.1, -0.05) is 108 Å². The molecule has 0 aliphatic carbocycles. The summed E-state index contributed by atoms with van der Waals surface area (Å²) in [5, 5.41) is 22.6. The van der Waals surface area contributed by atoms with Crippen LogP contribution in [0.4, 0.5) is 16.2 Å². The van der Waals surface area contributed by atoms with Crippen LogP contribution < -0.4 is 37.2 Å². The van der Waals surface area contributed by atoms with Crippen molar-refractivity contribution < 1.29 is 47.8 Å². The van der Waals surface area contributed by atoms with Gasteiger partial charge in [0.15, 0.2) is 0 Å². The third-order valence-electron chi connectivity index (χ3n) is 13.6. The molecule has 0 bridgehead atoms. The summed E-state index contributed by atoms with van der Waals surface area (Å²) in [4.78, 5) is 104.